The van der Waals surface area contributed by atoms with Crippen LogP contribution in [0.4, 0.5) is 5.69 Å². The van der Waals surface area contributed by atoms with Gasteiger partial charge >= 0.3 is 5.97 Å². The number of piperidine rings is 1. The van der Waals surface area contributed by atoms with Crippen molar-refractivity contribution in [2.45, 2.75) is 44.6 Å². The maximum absolute atomic E-state index is 11.7. The monoisotopic (exact) mass is 369 g/mol. The second-order valence-corrected chi connectivity index (χ2v) is 8.06. The number of anilines is 1. The quantitative estimate of drug-likeness (QED) is 0.744. The number of methoxy groups -OCH3 is 1. The molecule has 0 bridgehead atoms. The Labute approximate surface area is 162 Å². The number of hydrogen-bond acceptors (Lipinski definition) is 5. The zero-order valence-corrected chi connectivity index (χ0v) is 16.6. The molecular formula is C22H31N3O2. The Hall–Kier alpha value is -2.06. The number of rotatable bonds is 5. The van der Waals surface area contributed by atoms with Crippen molar-refractivity contribution in [1.82, 2.24) is 4.90 Å². The maximum atomic E-state index is 11.7. The Morgan fingerprint density at radius 2 is 1.78 bits per heavy atom. The number of nitriles is 1. The predicted molar refractivity (Wildman–Crippen MR) is 106 cm³/mol. The molecule has 1 heterocycles. The van der Waals surface area contributed by atoms with Crippen LogP contribution in [0, 0.1) is 23.2 Å². The van der Waals surface area contributed by atoms with Crippen LogP contribution in [0.1, 0.15) is 44.1 Å². The number of carbonyl (C=O) groups excluding carboxylic acids is 1. The van der Waals surface area contributed by atoms with E-state index < -0.39 is 0 Å². The lowest BCUT2D eigenvalue weighted by Crippen LogP contribution is -2.42. The molecule has 0 atom stereocenters. The third kappa shape index (κ3) is 5.01. The first-order valence-electron chi connectivity index (χ1n) is 10.1. The summed E-state index contributed by atoms with van der Waals surface area (Å²) in [5, 5.41) is 8.93. The van der Waals surface area contributed by atoms with Gasteiger partial charge in [-0.15, -0.1) is 0 Å². The second-order valence-electron chi connectivity index (χ2n) is 8.06. The summed E-state index contributed by atoms with van der Waals surface area (Å²) in [6.45, 7) is 3.31. The van der Waals surface area contributed by atoms with Crippen LogP contribution in [-0.4, -0.2) is 50.7 Å². The van der Waals surface area contributed by atoms with Gasteiger partial charge in [0.25, 0.3) is 0 Å². The second kappa shape index (κ2) is 9.23. The molecule has 0 radical (unpaired) electrons. The fourth-order valence-electron chi connectivity index (χ4n) is 4.60. The van der Waals surface area contributed by atoms with Gasteiger partial charge in [0, 0.05) is 31.4 Å². The van der Waals surface area contributed by atoms with E-state index in [1.807, 2.05) is 12.1 Å². The fraction of sp³-hybridized carbons (Fsp3) is 0.636. The van der Waals surface area contributed by atoms with Gasteiger partial charge < -0.3 is 14.5 Å². The molecule has 0 aromatic heterocycles. The first-order chi connectivity index (χ1) is 13.1. The number of hydrogen-bond donors (Lipinski definition) is 0. The Bertz CT molecular complexity index is 651. The number of carbonyl (C=O) groups is 1. The highest BCUT2D eigenvalue weighted by Crippen LogP contribution is 2.30. The lowest BCUT2D eigenvalue weighted by Gasteiger charge is -2.39. The first-order valence-corrected chi connectivity index (χ1v) is 10.1. The largest absolute Gasteiger partial charge is 0.469 e. The van der Waals surface area contributed by atoms with Crippen molar-refractivity contribution in [1.29, 1.82) is 5.26 Å². The van der Waals surface area contributed by atoms with Crippen molar-refractivity contribution in [2.24, 2.45) is 11.8 Å². The minimum atomic E-state index is -0.0359. The minimum Gasteiger partial charge on any atom is -0.469 e. The molecule has 1 aliphatic carbocycles. The first kappa shape index (κ1) is 19.7. The minimum absolute atomic E-state index is 0.0359. The number of ether oxygens (including phenoxy) is 1. The van der Waals surface area contributed by atoms with E-state index in [0.29, 0.717) is 6.04 Å². The Morgan fingerprint density at radius 1 is 1.15 bits per heavy atom. The molecular weight excluding hydrogens is 338 g/mol. The van der Waals surface area contributed by atoms with Crippen LogP contribution in [0.3, 0.4) is 0 Å². The van der Waals surface area contributed by atoms with Crippen LogP contribution in [0.2, 0.25) is 0 Å². The van der Waals surface area contributed by atoms with Crippen LogP contribution in [0.25, 0.3) is 0 Å². The third-order valence-electron chi connectivity index (χ3n) is 6.38. The fourth-order valence-corrected chi connectivity index (χ4v) is 4.60. The van der Waals surface area contributed by atoms with Crippen molar-refractivity contribution in [3.8, 4) is 6.07 Å². The van der Waals surface area contributed by atoms with Gasteiger partial charge in [0.15, 0.2) is 0 Å². The summed E-state index contributed by atoms with van der Waals surface area (Å²) in [7, 11) is 3.74. The summed E-state index contributed by atoms with van der Waals surface area (Å²) in [4.78, 5) is 16.6. The highest BCUT2D eigenvalue weighted by Gasteiger charge is 2.30. The van der Waals surface area contributed by atoms with Gasteiger partial charge in [-0.05, 0) is 75.8 Å². The molecule has 1 aromatic carbocycles. The van der Waals surface area contributed by atoms with Crippen molar-refractivity contribution in [3.63, 3.8) is 0 Å². The average molecular weight is 370 g/mol. The normalized spacial score (nSPS) is 23.9. The zero-order chi connectivity index (χ0) is 19.2. The van der Waals surface area contributed by atoms with Crippen LogP contribution in [0.5, 0.6) is 0 Å². The Kier molecular flexibility index (Phi) is 6.73. The molecule has 1 aromatic rings. The Balaban J connectivity index is 1.42. The van der Waals surface area contributed by atoms with Crippen molar-refractivity contribution in [2.75, 3.05) is 38.7 Å². The number of esters is 1. The SMILES string of the molecule is COC(=O)[C@H]1CC[C@H](N(C)CC2CCN(c3ccc(C#N)cc3)CC2)CC1. The lowest BCUT2D eigenvalue weighted by molar-refractivity contribution is -0.146. The van der Waals surface area contributed by atoms with Crippen molar-refractivity contribution >= 4 is 11.7 Å². The van der Waals surface area contributed by atoms with Gasteiger partial charge in [0.1, 0.15) is 0 Å². The summed E-state index contributed by atoms with van der Waals surface area (Å²) >= 11 is 0. The van der Waals surface area contributed by atoms with E-state index in [1.165, 1.54) is 25.6 Å². The van der Waals surface area contributed by atoms with E-state index in [0.717, 1.165) is 56.8 Å². The van der Waals surface area contributed by atoms with Crippen LogP contribution < -0.4 is 4.90 Å². The van der Waals surface area contributed by atoms with Crippen LogP contribution in [-0.2, 0) is 9.53 Å². The molecule has 2 fully saturated rings. The van der Waals surface area contributed by atoms with E-state index in [-0.39, 0.29) is 11.9 Å². The highest BCUT2D eigenvalue weighted by molar-refractivity contribution is 5.72. The van der Waals surface area contributed by atoms with E-state index >= 15 is 0 Å². The molecule has 0 amide bonds. The summed E-state index contributed by atoms with van der Waals surface area (Å²) in [5.41, 5.74) is 1.94. The van der Waals surface area contributed by atoms with Crippen LogP contribution >= 0.6 is 0 Å². The molecule has 1 saturated carbocycles. The topological polar surface area (TPSA) is 56.6 Å². The van der Waals surface area contributed by atoms with E-state index in [9.17, 15) is 4.79 Å². The van der Waals surface area contributed by atoms with Gasteiger partial charge in [-0.25, -0.2) is 0 Å². The predicted octanol–water partition coefficient (Wildman–Crippen LogP) is 3.44. The molecule has 0 unspecified atom stereocenters. The molecule has 3 rings (SSSR count). The molecule has 0 spiro atoms. The standard InChI is InChI=1S/C22H31N3O2/c1-24(20-9-5-19(6-10-20)22(26)27-2)16-18-11-13-25(14-12-18)21-7-3-17(15-23)4-8-21/h3-4,7-8,18-20H,5-6,9-14,16H2,1-2H3/t19-,20-. The Morgan fingerprint density at radius 3 is 2.33 bits per heavy atom. The summed E-state index contributed by atoms with van der Waals surface area (Å²) in [6.07, 6.45) is 6.53. The molecule has 2 aliphatic rings. The zero-order valence-electron chi connectivity index (χ0n) is 16.6. The molecule has 1 saturated heterocycles. The van der Waals surface area contributed by atoms with Crippen molar-refractivity contribution in [3.05, 3.63) is 29.8 Å². The summed E-state index contributed by atoms with van der Waals surface area (Å²) in [6, 6.07) is 10.7. The van der Waals surface area contributed by atoms with E-state index in [2.05, 4.69) is 35.0 Å². The van der Waals surface area contributed by atoms with Gasteiger partial charge in [-0.3, -0.25) is 4.79 Å². The third-order valence-corrected chi connectivity index (χ3v) is 6.38. The van der Waals surface area contributed by atoms with Crippen molar-refractivity contribution < 1.29 is 9.53 Å². The molecule has 27 heavy (non-hydrogen) atoms. The molecule has 146 valence electrons. The summed E-state index contributed by atoms with van der Waals surface area (Å²) < 4.78 is 4.89. The van der Waals surface area contributed by atoms with Gasteiger partial charge in [0.05, 0.1) is 24.7 Å². The molecule has 0 N–H and O–H groups in total. The number of nitrogens with zero attached hydrogens (tertiary/aromatic N) is 3. The van der Waals surface area contributed by atoms with E-state index in [1.54, 1.807) is 0 Å². The van der Waals surface area contributed by atoms with Gasteiger partial charge in [-0.1, -0.05) is 0 Å². The average Bonchev–Trinajstić information content (AvgIpc) is 2.74. The smallest absolute Gasteiger partial charge is 0.308 e. The highest BCUT2D eigenvalue weighted by atomic mass is 16.5. The molecule has 5 nitrogen and oxygen atoms in total. The van der Waals surface area contributed by atoms with Crippen LogP contribution in [0.15, 0.2) is 24.3 Å². The van der Waals surface area contributed by atoms with Gasteiger partial charge in [-0.2, -0.15) is 5.26 Å². The molecule has 5 heteroatoms. The summed E-state index contributed by atoms with van der Waals surface area (Å²) in [5.74, 6) is 0.810. The van der Waals surface area contributed by atoms with Gasteiger partial charge in [0.2, 0.25) is 0 Å². The number of benzene rings is 1. The molecule has 1 aliphatic heterocycles. The van der Waals surface area contributed by atoms with E-state index in [4.69, 9.17) is 10.00 Å². The lowest BCUT2D eigenvalue weighted by atomic mass is 9.85. The maximum Gasteiger partial charge on any atom is 0.308 e.